The molecule has 2 atom stereocenters. The molecule has 28 heavy (non-hydrogen) atoms. The number of ether oxygens (including phenoxy) is 1. The van der Waals surface area contributed by atoms with E-state index in [0.29, 0.717) is 12.5 Å². The smallest absolute Gasteiger partial charge is 0.317 e. The summed E-state index contributed by atoms with van der Waals surface area (Å²) in [6.07, 6.45) is 2.42. The summed E-state index contributed by atoms with van der Waals surface area (Å²) in [6, 6.07) is 6.53. The summed E-state index contributed by atoms with van der Waals surface area (Å²) in [5.74, 6) is 0.397. The zero-order valence-corrected chi connectivity index (χ0v) is 18.3. The lowest BCUT2D eigenvalue weighted by molar-refractivity contribution is -0.0839. The van der Waals surface area contributed by atoms with Gasteiger partial charge in [0, 0.05) is 50.9 Å². The van der Waals surface area contributed by atoms with Crippen LogP contribution in [0.15, 0.2) is 18.2 Å². The highest BCUT2D eigenvalue weighted by Gasteiger charge is 2.35. The fraction of sp³-hybridized carbons (Fsp3) is 0.696. The molecule has 5 heteroatoms. The number of carbonyl (C=O) groups is 1. The molecule has 156 valence electrons. The molecule has 1 aromatic carbocycles. The normalized spacial score (nSPS) is 23.6. The fourth-order valence-electron chi connectivity index (χ4n) is 4.57. The zero-order chi connectivity index (χ0) is 20.3. The number of hydrogen-bond donors (Lipinski definition) is 1. The summed E-state index contributed by atoms with van der Waals surface area (Å²) in [5, 5.41) is 3.19. The quantitative estimate of drug-likeness (QED) is 0.853. The van der Waals surface area contributed by atoms with Gasteiger partial charge in [0.15, 0.2) is 0 Å². The molecule has 0 aromatic heterocycles. The van der Waals surface area contributed by atoms with Crippen LogP contribution in [0.2, 0.25) is 0 Å². The van der Waals surface area contributed by atoms with Crippen LogP contribution >= 0.6 is 0 Å². The van der Waals surface area contributed by atoms with Gasteiger partial charge in [-0.05, 0) is 49.3 Å². The first-order chi connectivity index (χ1) is 13.3. The number of piperazine rings is 1. The van der Waals surface area contributed by atoms with Crippen molar-refractivity contribution in [2.75, 3.05) is 44.2 Å². The third-order valence-corrected chi connectivity index (χ3v) is 6.30. The minimum Gasteiger partial charge on any atom is -0.377 e. The lowest BCUT2D eigenvalue weighted by Crippen LogP contribution is -2.53. The number of rotatable bonds is 3. The predicted octanol–water partition coefficient (Wildman–Crippen LogP) is 3.98. The van der Waals surface area contributed by atoms with E-state index >= 15 is 0 Å². The number of benzene rings is 1. The van der Waals surface area contributed by atoms with Gasteiger partial charge in [-0.3, -0.25) is 0 Å². The standard InChI is InChI=1S/C23H37N3O2/c1-17-8-6-10-20(18(17)2)25-11-13-26(14-12-25)22(27)24-16-19-9-7-15-28-21(19)23(3,4)5/h6,8,10,19,21H,7,9,11-16H2,1-5H3,(H,24,27)/t19-,21-/m0/s1. The largest absolute Gasteiger partial charge is 0.377 e. The van der Waals surface area contributed by atoms with Gasteiger partial charge in [0.2, 0.25) is 0 Å². The van der Waals surface area contributed by atoms with E-state index in [1.807, 2.05) is 4.90 Å². The van der Waals surface area contributed by atoms with Crippen LogP contribution in [0, 0.1) is 25.2 Å². The van der Waals surface area contributed by atoms with Crippen molar-refractivity contribution in [1.29, 1.82) is 0 Å². The molecule has 2 saturated heterocycles. The minimum absolute atomic E-state index is 0.0684. The lowest BCUT2D eigenvalue weighted by atomic mass is 9.78. The first kappa shape index (κ1) is 21.0. The SMILES string of the molecule is Cc1cccc(N2CCN(C(=O)NC[C@@H]3CCCO[C@@H]3C(C)(C)C)CC2)c1C. The van der Waals surface area contributed by atoms with Gasteiger partial charge in [-0.1, -0.05) is 32.9 Å². The molecule has 2 heterocycles. The number of urea groups is 1. The van der Waals surface area contributed by atoms with E-state index in [0.717, 1.165) is 45.6 Å². The Bertz CT molecular complexity index is 675. The van der Waals surface area contributed by atoms with Crippen LogP contribution in [-0.2, 0) is 4.74 Å². The third-order valence-electron chi connectivity index (χ3n) is 6.30. The van der Waals surface area contributed by atoms with Gasteiger partial charge < -0.3 is 19.9 Å². The molecule has 2 aliphatic heterocycles. The lowest BCUT2D eigenvalue weighted by Gasteiger charge is -2.41. The maximum absolute atomic E-state index is 12.7. The first-order valence-electron chi connectivity index (χ1n) is 10.7. The molecule has 1 N–H and O–H groups in total. The van der Waals surface area contributed by atoms with Gasteiger partial charge in [0.25, 0.3) is 0 Å². The molecule has 5 nitrogen and oxygen atoms in total. The molecule has 0 radical (unpaired) electrons. The second kappa shape index (κ2) is 8.73. The van der Waals surface area contributed by atoms with Crippen LogP contribution in [0.1, 0.15) is 44.7 Å². The van der Waals surface area contributed by atoms with Crippen molar-refractivity contribution >= 4 is 11.7 Å². The van der Waals surface area contributed by atoms with Crippen molar-refractivity contribution in [3.8, 4) is 0 Å². The molecule has 0 spiro atoms. The monoisotopic (exact) mass is 387 g/mol. The number of carbonyl (C=O) groups excluding carboxylic acids is 1. The minimum atomic E-state index is 0.0684. The first-order valence-corrected chi connectivity index (χ1v) is 10.7. The highest BCUT2D eigenvalue weighted by Crippen LogP contribution is 2.33. The van der Waals surface area contributed by atoms with E-state index in [1.54, 1.807) is 0 Å². The Morgan fingerprint density at radius 3 is 2.57 bits per heavy atom. The number of hydrogen-bond acceptors (Lipinski definition) is 3. The Labute approximate surface area is 170 Å². The Balaban J connectivity index is 1.51. The van der Waals surface area contributed by atoms with Crippen LogP contribution in [0.4, 0.5) is 10.5 Å². The number of anilines is 1. The van der Waals surface area contributed by atoms with Crippen LogP contribution in [0.25, 0.3) is 0 Å². The van der Waals surface area contributed by atoms with Gasteiger partial charge in [-0.15, -0.1) is 0 Å². The molecule has 2 fully saturated rings. The second-order valence-electron chi connectivity index (χ2n) is 9.44. The van der Waals surface area contributed by atoms with Gasteiger partial charge in [-0.2, -0.15) is 0 Å². The van der Waals surface area contributed by atoms with Gasteiger partial charge in [0.05, 0.1) is 6.10 Å². The summed E-state index contributed by atoms with van der Waals surface area (Å²) in [5.41, 5.74) is 4.06. The van der Waals surface area contributed by atoms with Gasteiger partial charge in [-0.25, -0.2) is 4.79 Å². The van der Waals surface area contributed by atoms with E-state index in [4.69, 9.17) is 4.74 Å². The van der Waals surface area contributed by atoms with Crippen molar-refractivity contribution in [3.05, 3.63) is 29.3 Å². The van der Waals surface area contributed by atoms with Crippen molar-refractivity contribution in [3.63, 3.8) is 0 Å². The van der Waals surface area contributed by atoms with E-state index in [9.17, 15) is 4.79 Å². The maximum Gasteiger partial charge on any atom is 0.317 e. The van der Waals surface area contributed by atoms with Crippen LogP contribution < -0.4 is 10.2 Å². The topological polar surface area (TPSA) is 44.8 Å². The molecule has 0 unspecified atom stereocenters. The van der Waals surface area contributed by atoms with Crippen molar-refractivity contribution in [2.45, 2.75) is 53.6 Å². The van der Waals surface area contributed by atoms with Crippen LogP contribution in [-0.4, -0.2) is 56.4 Å². The summed E-state index contributed by atoms with van der Waals surface area (Å²) in [6.45, 7) is 15.9. The molecular formula is C23H37N3O2. The van der Waals surface area contributed by atoms with E-state index in [1.165, 1.54) is 16.8 Å². The Morgan fingerprint density at radius 1 is 1.18 bits per heavy atom. The predicted molar refractivity (Wildman–Crippen MR) is 115 cm³/mol. The fourth-order valence-corrected chi connectivity index (χ4v) is 4.57. The van der Waals surface area contributed by atoms with Crippen molar-refractivity contribution in [2.24, 2.45) is 11.3 Å². The number of nitrogens with zero attached hydrogens (tertiary/aromatic N) is 2. The second-order valence-corrected chi connectivity index (χ2v) is 9.44. The van der Waals surface area contributed by atoms with Crippen LogP contribution in [0.5, 0.6) is 0 Å². The molecule has 3 rings (SSSR count). The summed E-state index contributed by atoms with van der Waals surface area (Å²) in [4.78, 5) is 17.1. The van der Waals surface area contributed by atoms with Crippen molar-refractivity contribution in [1.82, 2.24) is 10.2 Å². The van der Waals surface area contributed by atoms with E-state index in [2.05, 4.69) is 63.0 Å². The van der Waals surface area contributed by atoms with Crippen molar-refractivity contribution < 1.29 is 9.53 Å². The molecular weight excluding hydrogens is 350 g/mol. The van der Waals surface area contributed by atoms with Gasteiger partial charge >= 0.3 is 6.03 Å². The molecule has 1 aromatic rings. The number of amides is 2. The third kappa shape index (κ3) is 4.80. The molecule has 2 amide bonds. The Morgan fingerprint density at radius 2 is 1.89 bits per heavy atom. The molecule has 0 saturated carbocycles. The zero-order valence-electron chi connectivity index (χ0n) is 18.3. The molecule has 0 bridgehead atoms. The average Bonchev–Trinajstić information content (AvgIpc) is 2.68. The van der Waals surface area contributed by atoms with E-state index in [-0.39, 0.29) is 17.6 Å². The van der Waals surface area contributed by atoms with E-state index < -0.39 is 0 Å². The average molecular weight is 388 g/mol. The highest BCUT2D eigenvalue weighted by molar-refractivity contribution is 5.74. The summed E-state index contributed by atoms with van der Waals surface area (Å²) in [7, 11) is 0. The highest BCUT2D eigenvalue weighted by atomic mass is 16.5. The van der Waals surface area contributed by atoms with Crippen LogP contribution in [0.3, 0.4) is 0 Å². The number of aryl methyl sites for hydroxylation is 1. The summed E-state index contributed by atoms with van der Waals surface area (Å²) >= 11 is 0. The maximum atomic E-state index is 12.7. The Hall–Kier alpha value is -1.75. The summed E-state index contributed by atoms with van der Waals surface area (Å²) < 4.78 is 6.05. The Kier molecular flexibility index (Phi) is 6.54. The molecule has 2 aliphatic rings. The van der Waals surface area contributed by atoms with Gasteiger partial charge in [0.1, 0.15) is 0 Å². The molecule has 0 aliphatic carbocycles. The number of nitrogens with one attached hydrogen (secondary N) is 1.